The molecule has 5 heteroatoms. The van der Waals surface area contributed by atoms with Crippen LogP contribution in [0.5, 0.6) is 0 Å². The van der Waals surface area contributed by atoms with Crippen LogP contribution in [0.2, 0.25) is 0 Å². The lowest BCUT2D eigenvalue weighted by Gasteiger charge is -2.07. The van der Waals surface area contributed by atoms with Gasteiger partial charge in [-0.05, 0) is 18.9 Å². The van der Waals surface area contributed by atoms with Gasteiger partial charge in [-0.15, -0.1) is 0 Å². The van der Waals surface area contributed by atoms with Crippen molar-refractivity contribution in [1.82, 2.24) is 5.32 Å². The Morgan fingerprint density at radius 3 is 2.21 bits per heavy atom. The minimum absolute atomic E-state index is 0.0208. The Hall–Kier alpha value is -0.650. The van der Waals surface area contributed by atoms with Gasteiger partial charge in [0, 0.05) is 12.6 Å². The van der Waals surface area contributed by atoms with Crippen LogP contribution in [0.15, 0.2) is 0 Å². The van der Waals surface area contributed by atoms with Gasteiger partial charge in [0.15, 0.2) is 0 Å². The first-order valence-corrected chi connectivity index (χ1v) is 4.89. The minimum atomic E-state index is -0.931. The van der Waals surface area contributed by atoms with E-state index in [9.17, 15) is 4.79 Å². The van der Waals surface area contributed by atoms with Gasteiger partial charge in [0.25, 0.3) is 0 Å². The second kappa shape index (κ2) is 6.75. The molecule has 0 aromatic rings. The summed E-state index contributed by atoms with van der Waals surface area (Å²) in [6, 6.07) is -0.278. The molecule has 0 saturated carbocycles. The van der Waals surface area contributed by atoms with Gasteiger partial charge < -0.3 is 21.9 Å². The van der Waals surface area contributed by atoms with E-state index in [2.05, 4.69) is 5.32 Å². The Kier molecular flexibility index (Phi) is 6.44. The lowest BCUT2D eigenvalue weighted by atomic mass is 10.1. The molecule has 0 bridgehead atoms. The average molecular weight is 203 g/mol. The molecule has 6 N–H and O–H groups in total. The summed E-state index contributed by atoms with van der Waals surface area (Å²) in [5.74, 6) is -0.910. The SMILES string of the molecule is CC(C)[C@H](N)C(=O)O.NC1CCNC1. The third kappa shape index (κ3) is 5.90. The van der Waals surface area contributed by atoms with Crippen molar-refractivity contribution in [1.29, 1.82) is 0 Å². The summed E-state index contributed by atoms with van der Waals surface area (Å²) in [4.78, 5) is 10.0. The van der Waals surface area contributed by atoms with Crippen molar-refractivity contribution in [3.8, 4) is 0 Å². The maximum absolute atomic E-state index is 10.0. The summed E-state index contributed by atoms with van der Waals surface area (Å²) in [6.45, 7) is 5.68. The molecule has 0 aromatic carbocycles. The Bertz CT molecular complexity index is 167. The van der Waals surface area contributed by atoms with Crippen molar-refractivity contribution in [2.45, 2.75) is 32.4 Å². The molecular formula is C9H21N3O2. The fourth-order valence-corrected chi connectivity index (χ4v) is 0.962. The first-order valence-electron chi connectivity index (χ1n) is 4.89. The van der Waals surface area contributed by atoms with Crippen LogP contribution in [0, 0.1) is 5.92 Å². The maximum Gasteiger partial charge on any atom is 0.320 e. The molecule has 0 aromatic heterocycles. The van der Waals surface area contributed by atoms with Gasteiger partial charge in [-0.25, -0.2) is 0 Å². The molecule has 84 valence electrons. The Morgan fingerprint density at radius 2 is 2.14 bits per heavy atom. The summed E-state index contributed by atoms with van der Waals surface area (Å²) in [6.07, 6.45) is 1.15. The van der Waals surface area contributed by atoms with Crippen molar-refractivity contribution < 1.29 is 9.90 Å². The normalized spacial score (nSPS) is 22.8. The summed E-state index contributed by atoms with van der Waals surface area (Å²) in [5, 5.41) is 11.4. The lowest BCUT2D eigenvalue weighted by molar-refractivity contribution is -0.139. The van der Waals surface area contributed by atoms with Crippen LogP contribution < -0.4 is 16.8 Å². The van der Waals surface area contributed by atoms with E-state index in [-0.39, 0.29) is 5.92 Å². The van der Waals surface area contributed by atoms with Crippen molar-refractivity contribution >= 4 is 5.97 Å². The van der Waals surface area contributed by atoms with Crippen molar-refractivity contribution in [3.05, 3.63) is 0 Å². The first-order chi connectivity index (χ1) is 6.45. The number of carboxylic acid groups (broad SMARTS) is 1. The number of carbonyl (C=O) groups is 1. The van der Waals surface area contributed by atoms with Gasteiger partial charge in [-0.3, -0.25) is 4.79 Å². The molecule has 0 aliphatic carbocycles. The predicted octanol–water partition coefficient (Wildman–Crippen LogP) is -0.639. The number of aliphatic carboxylic acids is 1. The van der Waals surface area contributed by atoms with E-state index >= 15 is 0 Å². The molecule has 5 nitrogen and oxygen atoms in total. The molecule has 1 heterocycles. The fourth-order valence-electron chi connectivity index (χ4n) is 0.962. The zero-order valence-electron chi connectivity index (χ0n) is 8.86. The second-order valence-corrected chi connectivity index (χ2v) is 3.86. The molecule has 1 fully saturated rings. The summed E-state index contributed by atoms with van der Waals surface area (Å²) in [5.41, 5.74) is 10.6. The monoisotopic (exact) mass is 203 g/mol. The van der Waals surface area contributed by atoms with E-state index in [1.165, 1.54) is 0 Å². The van der Waals surface area contributed by atoms with Crippen molar-refractivity contribution in [3.63, 3.8) is 0 Å². The molecule has 1 aliphatic rings. The number of hydrogen-bond donors (Lipinski definition) is 4. The molecule has 1 saturated heterocycles. The molecule has 1 aliphatic heterocycles. The zero-order chi connectivity index (χ0) is 11.1. The van der Waals surface area contributed by atoms with Crippen LogP contribution in [-0.4, -0.2) is 36.2 Å². The van der Waals surface area contributed by atoms with Gasteiger partial charge in [-0.2, -0.15) is 0 Å². The van der Waals surface area contributed by atoms with Gasteiger partial charge in [0.2, 0.25) is 0 Å². The topological polar surface area (TPSA) is 101 Å². The van der Waals surface area contributed by atoms with Crippen LogP contribution in [-0.2, 0) is 4.79 Å². The molecule has 0 amide bonds. The van der Waals surface area contributed by atoms with Gasteiger partial charge >= 0.3 is 5.97 Å². The number of hydrogen-bond acceptors (Lipinski definition) is 4. The largest absolute Gasteiger partial charge is 0.480 e. The van der Waals surface area contributed by atoms with Crippen LogP contribution in [0.4, 0.5) is 0 Å². The van der Waals surface area contributed by atoms with E-state index in [1.54, 1.807) is 13.8 Å². The number of nitrogens with one attached hydrogen (secondary N) is 1. The van der Waals surface area contributed by atoms with Gasteiger partial charge in [0.1, 0.15) is 6.04 Å². The van der Waals surface area contributed by atoms with E-state index in [1.807, 2.05) is 0 Å². The summed E-state index contributed by atoms with van der Waals surface area (Å²) < 4.78 is 0. The third-order valence-corrected chi connectivity index (χ3v) is 2.10. The number of nitrogens with two attached hydrogens (primary N) is 2. The van der Waals surface area contributed by atoms with Crippen LogP contribution in [0.25, 0.3) is 0 Å². The molecule has 0 radical (unpaired) electrons. The molecule has 1 rings (SSSR count). The van der Waals surface area contributed by atoms with Gasteiger partial charge in [0.05, 0.1) is 0 Å². The molecular weight excluding hydrogens is 182 g/mol. The third-order valence-electron chi connectivity index (χ3n) is 2.10. The smallest absolute Gasteiger partial charge is 0.320 e. The fraction of sp³-hybridized carbons (Fsp3) is 0.889. The highest BCUT2D eigenvalue weighted by Crippen LogP contribution is 1.96. The van der Waals surface area contributed by atoms with Crippen molar-refractivity contribution in [2.24, 2.45) is 17.4 Å². The van der Waals surface area contributed by atoms with E-state index < -0.39 is 12.0 Å². The number of rotatable bonds is 2. The van der Waals surface area contributed by atoms with E-state index in [4.69, 9.17) is 16.6 Å². The average Bonchev–Trinajstić information content (AvgIpc) is 2.55. The Balaban J connectivity index is 0.000000249. The molecule has 0 spiro atoms. The number of carboxylic acids is 1. The minimum Gasteiger partial charge on any atom is -0.480 e. The van der Waals surface area contributed by atoms with Gasteiger partial charge in [-0.1, -0.05) is 13.8 Å². The van der Waals surface area contributed by atoms with Crippen LogP contribution in [0.1, 0.15) is 20.3 Å². The first kappa shape index (κ1) is 13.4. The van der Waals surface area contributed by atoms with Crippen LogP contribution >= 0.6 is 0 Å². The maximum atomic E-state index is 10.0. The van der Waals surface area contributed by atoms with Crippen LogP contribution in [0.3, 0.4) is 0 Å². The quantitative estimate of drug-likeness (QED) is 0.478. The lowest BCUT2D eigenvalue weighted by Crippen LogP contribution is -2.34. The predicted molar refractivity (Wildman–Crippen MR) is 55.9 cm³/mol. The Morgan fingerprint density at radius 1 is 1.57 bits per heavy atom. The van der Waals surface area contributed by atoms with E-state index in [0.717, 1.165) is 19.5 Å². The second-order valence-electron chi connectivity index (χ2n) is 3.86. The zero-order valence-corrected chi connectivity index (χ0v) is 8.86. The standard InChI is InChI=1S/C5H11NO2.C4H10N2/c1-3(2)4(6)5(7)8;5-4-1-2-6-3-4/h3-4H,6H2,1-2H3,(H,7,8);4,6H,1-3,5H2/t4-;/m0./s1. The highest BCUT2D eigenvalue weighted by molar-refractivity contribution is 5.73. The molecule has 14 heavy (non-hydrogen) atoms. The highest BCUT2D eigenvalue weighted by atomic mass is 16.4. The highest BCUT2D eigenvalue weighted by Gasteiger charge is 2.14. The summed E-state index contributed by atoms with van der Waals surface area (Å²) >= 11 is 0. The van der Waals surface area contributed by atoms with Crippen molar-refractivity contribution in [2.75, 3.05) is 13.1 Å². The molecule has 1 unspecified atom stereocenters. The molecule has 2 atom stereocenters. The Labute approximate surface area is 84.8 Å². The van der Waals surface area contributed by atoms with E-state index in [0.29, 0.717) is 6.04 Å². The summed E-state index contributed by atoms with van der Waals surface area (Å²) in [7, 11) is 0.